The summed E-state index contributed by atoms with van der Waals surface area (Å²) in [6, 6.07) is 8.38. The van der Waals surface area contributed by atoms with Gasteiger partial charge in [-0.2, -0.15) is 0 Å². The third-order valence-electron chi connectivity index (χ3n) is 5.78. The summed E-state index contributed by atoms with van der Waals surface area (Å²) < 4.78 is 18.9. The van der Waals surface area contributed by atoms with E-state index in [2.05, 4.69) is 52.0 Å². The van der Waals surface area contributed by atoms with Crippen molar-refractivity contribution in [3.63, 3.8) is 0 Å². The van der Waals surface area contributed by atoms with E-state index in [9.17, 15) is 0 Å². The van der Waals surface area contributed by atoms with Gasteiger partial charge in [0.1, 0.15) is 11.2 Å². The predicted octanol–water partition coefficient (Wildman–Crippen LogP) is 7.28. The van der Waals surface area contributed by atoms with Crippen LogP contribution in [0.25, 0.3) is 21.9 Å². The highest BCUT2D eigenvalue weighted by molar-refractivity contribution is 7.31. The Morgan fingerprint density at radius 3 is 1.77 bits per heavy atom. The highest BCUT2D eigenvalue weighted by Gasteiger charge is 2.19. The van der Waals surface area contributed by atoms with Crippen LogP contribution in [0.4, 0.5) is 0 Å². The molecule has 1 fully saturated rings. The highest BCUT2D eigenvalue weighted by Crippen LogP contribution is 2.39. The molecule has 0 bridgehead atoms. The third-order valence-corrected chi connectivity index (χ3v) is 6.94. The summed E-state index contributed by atoms with van der Waals surface area (Å²) in [5.74, 6) is 0. The van der Waals surface area contributed by atoms with E-state index in [0.29, 0.717) is 0 Å². The molecule has 26 heavy (non-hydrogen) atoms. The average Bonchev–Trinajstić information content (AvgIpc) is 2.79. The molecule has 0 amide bonds. The Balaban J connectivity index is 2.01. The van der Waals surface area contributed by atoms with Crippen LogP contribution in [0, 0.1) is 27.7 Å². The van der Waals surface area contributed by atoms with E-state index in [1.165, 1.54) is 41.5 Å². The minimum Gasteiger partial charge on any atom is -0.399 e. The van der Waals surface area contributed by atoms with Crippen molar-refractivity contribution < 1.29 is 12.9 Å². The Morgan fingerprint density at radius 2 is 1.27 bits per heavy atom. The van der Waals surface area contributed by atoms with Crippen LogP contribution in [-0.2, 0) is 0 Å². The lowest BCUT2D eigenvalue weighted by molar-refractivity contribution is 0.200. The molecule has 138 valence electrons. The van der Waals surface area contributed by atoms with Crippen molar-refractivity contribution in [3.05, 3.63) is 46.5 Å². The summed E-state index contributed by atoms with van der Waals surface area (Å²) in [7, 11) is -1.44. The normalized spacial score (nSPS) is 15.7. The van der Waals surface area contributed by atoms with Gasteiger partial charge in [0.2, 0.25) is 0 Å². The van der Waals surface area contributed by atoms with Crippen molar-refractivity contribution in [2.45, 2.75) is 65.9 Å². The van der Waals surface area contributed by atoms with Crippen LogP contribution in [0.15, 0.2) is 32.7 Å². The second-order valence-corrected chi connectivity index (χ2v) is 8.56. The molecule has 0 unspecified atom stereocenters. The molecule has 3 aromatic rings. The molecule has 0 saturated heterocycles. The molecule has 1 heterocycles. The average molecular weight is 370 g/mol. The van der Waals surface area contributed by atoms with Gasteiger partial charge >= 0.3 is 8.24 Å². The summed E-state index contributed by atoms with van der Waals surface area (Å²) in [6.45, 7) is 8.62. The van der Waals surface area contributed by atoms with Gasteiger partial charge in [0.25, 0.3) is 0 Å². The molecular weight excluding hydrogens is 343 g/mol. The number of fused-ring (bicyclic) bond motifs is 3. The van der Waals surface area contributed by atoms with Gasteiger partial charge in [0.05, 0.1) is 6.10 Å². The van der Waals surface area contributed by atoms with E-state index >= 15 is 0 Å². The zero-order chi connectivity index (χ0) is 18.3. The van der Waals surface area contributed by atoms with Gasteiger partial charge in [-0.15, -0.1) is 0 Å². The number of hydrogen-bond acceptors (Lipinski definition) is 3. The molecule has 1 aliphatic rings. The van der Waals surface area contributed by atoms with Crippen LogP contribution in [0.3, 0.4) is 0 Å². The van der Waals surface area contributed by atoms with E-state index in [1.807, 2.05) is 0 Å². The number of hydrogen-bond donors (Lipinski definition) is 0. The monoisotopic (exact) mass is 370 g/mol. The zero-order valence-corrected chi connectivity index (χ0v) is 17.0. The standard InChI is InChI=1S/C22H27O3P/c1-14-10-12-19-21(16(14)3)22-17(4)15(2)11-13-20(22)25-26(24-19)23-18-8-6-5-7-9-18/h10-13,18H,5-9H2,1-4H3. The number of rotatable bonds is 2. The minimum absolute atomic E-state index is 0.248. The Labute approximate surface area is 156 Å². The van der Waals surface area contributed by atoms with Crippen LogP contribution in [-0.4, -0.2) is 6.10 Å². The minimum atomic E-state index is -1.44. The van der Waals surface area contributed by atoms with E-state index in [4.69, 9.17) is 12.9 Å². The smallest absolute Gasteiger partial charge is 0.387 e. The second kappa shape index (κ2) is 7.13. The van der Waals surface area contributed by atoms with Gasteiger partial charge in [-0.25, -0.2) is 0 Å². The number of aryl methyl sites for hydroxylation is 4. The topological polar surface area (TPSA) is 35.5 Å². The first-order chi connectivity index (χ1) is 12.5. The highest BCUT2D eigenvalue weighted by atomic mass is 31.1. The fourth-order valence-electron chi connectivity index (χ4n) is 3.87. The molecule has 0 N–H and O–H groups in total. The van der Waals surface area contributed by atoms with Crippen LogP contribution in [0.2, 0.25) is 0 Å². The molecule has 1 aliphatic carbocycles. The molecule has 4 rings (SSSR count). The van der Waals surface area contributed by atoms with Crippen molar-refractivity contribution in [3.8, 4) is 0 Å². The van der Waals surface area contributed by atoms with Crippen LogP contribution >= 0.6 is 8.24 Å². The Bertz CT molecular complexity index is 927. The van der Waals surface area contributed by atoms with Gasteiger partial charge in [0.15, 0.2) is 0 Å². The summed E-state index contributed by atoms with van der Waals surface area (Å²) >= 11 is 0. The maximum absolute atomic E-state index is 6.29. The fourth-order valence-corrected chi connectivity index (χ4v) is 5.07. The molecule has 3 nitrogen and oxygen atoms in total. The first kappa shape index (κ1) is 17.7. The molecule has 4 heteroatoms. The lowest BCUT2D eigenvalue weighted by Gasteiger charge is -2.19. The van der Waals surface area contributed by atoms with Gasteiger partial charge in [-0.1, -0.05) is 31.4 Å². The molecule has 2 aromatic carbocycles. The Hall–Kier alpha value is -1.70. The van der Waals surface area contributed by atoms with Gasteiger partial charge in [-0.3, -0.25) is 4.52 Å². The summed E-state index contributed by atoms with van der Waals surface area (Å²) in [4.78, 5) is 0. The summed E-state index contributed by atoms with van der Waals surface area (Å²) in [6.07, 6.45) is 6.23. The fraction of sp³-hybridized carbons (Fsp3) is 0.455. The van der Waals surface area contributed by atoms with Crippen molar-refractivity contribution in [2.75, 3.05) is 0 Å². The van der Waals surface area contributed by atoms with Crippen molar-refractivity contribution in [1.29, 1.82) is 0 Å². The van der Waals surface area contributed by atoms with Crippen LogP contribution < -0.4 is 4.52 Å². The predicted molar refractivity (Wildman–Crippen MR) is 109 cm³/mol. The second-order valence-electron chi connectivity index (χ2n) is 7.53. The zero-order valence-electron chi connectivity index (χ0n) is 16.1. The number of benzene rings is 2. The van der Waals surface area contributed by atoms with Crippen molar-refractivity contribution >= 4 is 30.2 Å². The van der Waals surface area contributed by atoms with Crippen molar-refractivity contribution in [1.82, 2.24) is 0 Å². The summed E-state index contributed by atoms with van der Waals surface area (Å²) in [5.41, 5.74) is 6.77. The van der Waals surface area contributed by atoms with Crippen molar-refractivity contribution in [2.24, 2.45) is 0 Å². The SMILES string of the molecule is Cc1ccc2op(OC3CCCCC3)oc3ccc(C)c(C)c3c2c1C. The Morgan fingerprint density at radius 1 is 0.769 bits per heavy atom. The van der Waals surface area contributed by atoms with Gasteiger partial charge < -0.3 is 8.39 Å². The third kappa shape index (κ3) is 3.19. The first-order valence-electron chi connectivity index (χ1n) is 9.58. The molecule has 0 spiro atoms. The van der Waals surface area contributed by atoms with Gasteiger partial charge in [0, 0.05) is 10.8 Å². The molecule has 0 radical (unpaired) electrons. The summed E-state index contributed by atoms with van der Waals surface area (Å²) in [5, 5.41) is 2.30. The maximum Gasteiger partial charge on any atom is 0.387 e. The Kier molecular flexibility index (Phi) is 4.86. The van der Waals surface area contributed by atoms with E-state index in [1.54, 1.807) is 0 Å². The molecule has 0 atom stereocenters. The largest absolute Gasteiger partial charge is 0.399 e. The lowest BCUT2D eigenvalue weighted by atomic mass is 9.97. The van der Waals surface area contributed by atoms with E-state index < -0.39 is 8.24 Å². The van der Waals surface area contributed by atoms with E-state index in [-0.39, 0.29) is 6.10 Å². The quantitative estimate of drug-likeness (QED) is 0.475. The molecular formula is C22H27O3P. The van der Waals surface area contributed by atoms with E-state index in [0.717, 1.165) is 34.8 Å². The lowest BCUT2D eigenvalue weighted by Crippen LogP contribution is -2.18. The molecule has 1 aromatic heterocycles. The van der Waals surface area contributed by atoms with Crippen LogP contribution in [0.1, 0.15) is 54.4 Å². The molecule has 1 saturated carbocycles. The molecule has 0 aliphatic heterocycles. The first-order valence-corrected chi connectivity index (χ1v) is 10.7. The van der Waals surface area contributed by atoms with Crippen LogP contribution in [0.5, 0.6) is 0 Å². The van der Waals surface area contributed by atoms with Gasteiger partial charge in [-0.05, 0) is 74.9 Å². The maximum atomic E-state index is 6.29.